The van der Waals surface area contributed by atoms with Gasteiger partial charge in [-0.3, -0.25) is 14.4 Å². The Morgan fingerprint density at radius 3 is 2.25 bits per heavy atom. The number of benzene rings is 2. The molecular weight excluding hydrogens is 304 g/mol. The number of anilines is 1. The van der Waals surface area contributed by atoms with Crippen molar-refractivity contribution >= 4 is 23.4 Å². The number of amides is 3. The third-order valence-corrected chi connectivity index (χ3v) is 3.78. The lowest BCUT2D eigenvalue weighted by atomic mass is 10.1. The van der Waals surface area contributed by atoms with Gasteiger partial charge in [0, 0.05) is 5.57 Å². The maximum Gasteiger partial charge on any atom is 0.281 e. The Morgan fingerprint density at radius 2 is 1.62 bits per heavy atom. The second kappa shape index (κ2) is 5.77. The third-order valence-electron chi connectivity index (χ3n) is 3.78. The lowest BCUT2D eigenvalue weighted by molar-refractivity contribution is -0.117. The number of aryl methyl sites for hydroxylation is 1. The van der Waals surface area contributed by atoms with Crippen molar-refractivity contribution in [3.8, 4) is 0 Å². The fourth-order valence-corrected chi connectivity index (χ4v) is 2.60. The fourth-order valence-electron chi connectivity index (χ4n) is 2.60. The van der Waals surface area contributed by atoms with Gasteiger partial charge in [-0.15, -0.1) is 0 Å². The molecule has 120 valence electrons. The molecule has 3 amide bonds. The molecule has 0 bridgehead atoms. The molecule has 0 unspecified atom stereocenters. The summed E-state index contributed by atoms with van der Waals surface area (Å²) in [7, 11) is 0. The van der Waals surface area contributed by atoms with Crippen molar-refractivity contribution in [1.82, 2.24) is 5.01 Å². The highest BCUT2D eigenvalue weighted by molar-refractivity contribution is 6.25. The molecule has 24 heavy (non-hydrogen) atoms. The van der Waals surface area contributed by atoms with Gasteiger partial charge in [0.05, 0.1) is 16.8 Å². The highest BCUT2D eigenvalue weighted by Crippen LogP contribution is 2.29. The monoisotopic (exact) mass is 320 g/mol. The second-order valence-corrected chi connectivity index (χ2v) is 5.70. The first-order valence-electron chi connectivity index (χ1n) is 7.46. The minimum Gasteiger partial charge on any atom is -0.267 e. The van der Waals surface area contributed by atoms with Crippen LogP contribution in [0, 0.1) is 6.92 Å². The third kappa shape index (κ3) is 2.40. The molecule has 5 nitrogen and oxygen atoms in total. The molecule has 2 aromatic rings. The van der Waals surface area contributed by atoms with Crippen LogP contribution in [0.3, 0.4) is 0 Å². The summed E-state index contributed by atoms with van der Waals surface area (Å²) >= 11 is 0. The van der Waals surface area contributed by atoms with E-state index in [-0.39, 0.29) is 5.57 Å². The average molecular weight is 320 g/mol. The summed E-state index contributed by atoms with van der Waals surface area (Å²) < 4.78 is 0. The Balaban J connectivity index is 2.13. The molecule has 0 aliphatic carbocycles. The van der Waals surface area contributed by atoms with Crippen LogP contribution >= 0.6 is 0 Å². The number of hydrazine groups is 1. The van der Waals surface area contributed by atoms with E-state index >= 15 is 0 Å². The van der Waals surface area contributed by atoms with Gasteiger partial charge in [-0.2, -0.15) is 5.01 Å². The first-order chi connectivity index (χ1) is 11.4. The highest BCUT2D eigenvalue weighted by atomic mass is 16.2. The molecule has 0 spiro atoms. The molecular formula is C19H16N2O3. The Bertz CT molecular complexity index is 871. The van der Waals surface area contributed by atoms with Crippen LogP contribution in [0.2, 0.25) is 0 Å². The molecule has 0 atom stereocenters. The lowest BCUT2D eigenvalue weighted by Gasteiger charge is -2.30. The van der Waals surface area contributed by atoms with E-state index in [4.69, 9.17) is 0 Å². The highest BCUT2D eigenvalue weighted by Gasteiger charge is 2.42. The molecule has 0 aromatic heterocycles. The van der Waals surface area contributed by atoms with Crippen LogP contribution < -0.4 is 5.01 Å². The molecule has 0 fully saturated rings. The number of carbonyl (C=O) groups excluding carboxylic acids is 3. The van der Waals surface area contributed by atoms with Gasteiger partial charge in [-0.1, -0.05) is 36.4 Å². The topological polar surface area (TPSA) is 57.7 Å². The SMILES string of the molecule is C=C(C)C(=O)N(c1ccccc1)N1C(=O)c2ccc(C)cc2C1=O. The second-order valence-electron chi connectivity index (χ2n) is 5.70. The largest absolute Gasteiger partial charge is 0.281 e. The molecule has 1 aliphatic rings. The summed E-state index contributed by atoms with van der Waals surface area (Å²) in [6.45, 7) is 7.03. The molecule has 1 aliphatic heterocycles. The van der Waals surface area contributed by atoms with Gasteiger partial charge in [0.15, 0.2) is 0 Å². The van der Waals surface area contributed by atoms with E-state index in [1.807, 2.05) is 6.92 Å². The quantitative estimate of drug-likeness (QED) is 0.645. The minimum absolute atomic E-state index is 0.228. The van der Waals surface area contributed by atoms with Crippen LogP contribution in [0.5, 0.6) is 0 Å². The summed E-state index contributed by atoms with van der Waals surface area (Å²) in [4.78, 5) is 38.1. The van der Waals surface area contributed by atoms with E-state index in [1.165, 1.54) is 0 Å². The normalized spacial score (nSPS) is 13.0. The summed E-state index contributed by atoms with van der Waals surface area (Å²) in [5.41, 5.74) is 2.12. The molecule has 5 heteroatoms. The first-order valence-corrected chi connectivity index (χ1v) is 7.46. The Kier molecular flexibility index (Phi) is 3.77. The molecule has 0 saturated carbocycles. The van der Waals surface area contributed by atoms with Crippen LogP contribution in [0.15, 0.2) is 60.7 Å². The van der Waals surface area contributed by atoms with Crippen LogP contribution in [0.4, 0.5) is 5.69 Å². The predicted molar refractivity (Wildman–Crippen MR) is 90.4 cm³/mol. The summed E-state index contributed by atoms with van der Waals surface area (Å²) in [5, 5.41) is 1.97. The van der Waals surface area contributed by atoms with Crippen molar-refractivity contribution in [3.05, 3.63) is 77.4 Å². The van der Waals surface area contributed by atoms with Crippen molar-refractivity contribution in [3.63, 3.8) is 0 Å². The number of hydrogen-bond donors (Lipinski definition) is 0. The zero-order chi connectivity index (χ0) is 17.4. The van der Waals surface area contributed by atoms with Crippen molar-refractivity contribution in [1.29, 1.82) is 0 Å². The van der Waals surface area contributed by atoms with E-state index in [2.05, 4.69) is 6.58 Å². The number of imide groups is 1. The zero-order valence-corrected chi connectivity index (χ0v) is 13.4. The van der Waals surface area contributed by atoms with Gasteiger partial charge in [0.25, 0.3) is 17.7 Å². The van der Waals surface area contributed by atoms with Crippen molar-refractivity contribution in [2.24, 2.45) is 0 Å². The molecule has 1 heterocycles. The van der Waals surface area contributed by atoms with Gasteiger partial charge in [-0.25, -0.2) is 5.01 Å². The van der Waals surface area contributed by atoms with Gasteiger partial charge >= 0.3 is 0 Å². The van der Waals surface area contributed by atoms with Gasteiger partial charge in [0.2, 0.25) is 0 Å². The molecule has 2 aromatic carbocycles. The lowest BCUT2D eigenvalue weighted by Crippen LogP contribution is -2.50. The standard InChI is InChI=1S/C19H16N2O3/c1-12(2)17(22)20(14-7-5-4-6-8-14)21-18(23)15-10-9-13(3)11-16(15)19(21)24/h4-11H,1H2,2-3H3. The maximum atomic E-state index is 12.8. The van der Waals surface area contributed by atoms with Gasteiger partial charge in [-0.05, 0) is 38.1 Å². The van der Waals surface area contributed by atoms with E-state index in [9.17, 15) is 14.4 Å². The minimum atomic E-state index is -0.520. The predicted octanol–water partition coefficient (Wildman–Crippen LogP) is 3.12. The molecule has 0 radical (unpaired) electrons. The van der Waals surface area contributed by atoms with Gasteiger partial charge < -0.3 is 0 Å². The Labute approximate surface area is 139 Å². The van der Waals surface area contributed by atoms with E-state index in [0.717, 1.165) is 15.6 Å². The number of carbonyl (C=O) groups is 3. The first kappa shape index (κ1) is 15.7. The summed E-state index contributed by atoms with van der Waals surface area (Å²) in [6.07, 6.45) is 0. The number of para-hydroxylation sites is 1. The molecule has 3 rings (SSSR count). The number of nitrogens with zero attached hydrogens (tertiary/aromatic N) is 2. The smallest absolute Gasteiger partial charge is 0.267 e. The van der Waals surface area contributed by atoms with Crippen LogP contribution in [0.25, 0.3) is 0 Å². The number of hydrogen-bond acceptors (Lipinski definition) is 3. The summed E-state index contributed by atoms with van der Waals surface area (Å²) in [6, 6.07) is 13.6. The Hall–Kier alpha value is -3.21. The van der Waals surface area contributed by atoms with E-state index in [0.29, 0.717) is 16.8 Å². The van der Waals surface area contributed by atoms with Crippen molar-refractivity contribution in [2.75, 3.05) is 5.01 Å². The molecule has 0 saturated heterocycles. The number of rotatable bonds is 3. The fraction of sp³-hybridized carbons (Fsp3) is 0.105. The van der Waals surface area contributed by atoms with Crippen molar-refractivity contribution < 1.29 is 14.4 Å². The Morgan fingerprint density at radius 1 is 1.00 bits per heavy atom. The summed E-state index contributed by atoms with van der Waals surface area (Å²) in [5.74, 6) is -1.54. The zero-order valence-electron chi connectivity index (χ0n) is 13.4. The van der Waals surface area contributed by atoms with Gasteiger partial charge in [0.1, 0.15) is 0 Å². The number of fused-ring (bicyclic) bond motifs is 1. The maximum absolute atomic E-state index is 12.8. The van der Waals surface area contributed by atoms with E-state index in [1.54, 1.807) is 55.5 Å². The van der Waals surface area contributed by atoms with E-state index < -0.39 is 17.7 Å². The van der Waals surface area contributed by atoms with Crippen LogP contribution in [0.1, 0.15) is 33.2 Å². The molecule has 0 N–H and O–H groups in total. The van der Waals surface area contributed by atoms with Crippen LogP contribution in [-0.4, -0.2) is 22.7 Å². The average Bonchev–Trinajstić information content (AvgIpc) is 2.80. The van der Waals surface area contributed by atoms with Crippen LogP contribution in [-0.2, 0) is 4.79 Å². The van der Waals surface area contributed by atoms with Crippen molar-refractivity contribution in [2.45, 2.75) is 13.8 Å².